The second-order valence-electron chi connectivity index (χ2n) is 3.04. The predicted octanol–water partition coefficient (Wildman–Crippen LogP) is 0.955. The molecule has 70 valence electrons. The number of hydrogen-bond acceptors (Lipinski definition) is 3. The first kappa shape index (κ1) is 8.57. The maximum absolute atomic E-state index is 5.75. The summed E-state index contributed by atoms with van der Waals surface area (Å²) in [5.41, 5.74) is 6.55. The second kappa shape index (κ2) is 3.04. The lowest BCUT2D eigenvalue weighted by atomic mass is 10.4. The van der Waals surface area contributed by atoms with E-state index in [0.717, 1.165) is 11.0 Å². The molecule has 0 aliphatic carbocycles. The van der Waals surface area contributed by atoms with E-state index in [-0.39, 0.29) is 0 Å². The highest BCUT2D eigenvalue weighted by atomic mass is 15.1. The van der Waals surface area contributed by atoms with Gasteiger partial charge in [-0.3, -0.25) is 0 Å². The Morgan fingerprint density at radius 1 is 1.57 bits per heavy atom. The van der Waals surface area contributed by atoms with Gasteiger partial charge < -0.3 is 10.3 Å². The van der Waals surface area contributed by atoms with E-state index < -0.39 is 0 Å². The minimum absolute atomic E-state index is 0.499. The van der Waals surface area contributed by atoms with Gasteiger partial charge in [0.05, 0.1) is 11.9 Å². The number of rotatable bonds is 1. The first-order chi connectivity index (χ1) is 6.72. The summed E-state index contributed by atoms with van der Waals surface area (Å²) < 4.78 is 1.88. The predicted molar refractivity (Wildman–Crippen MR) is 55.5 cm³/mol. The molecule has 0 aromatic carbocycles. The van der Waals surface area contributed by atoms with Crippen LogP contribution >= 0.6 is 0 Å². The molecule has 0 amide bonds. The van der Waals surface area contributed by atoms with Gasteiger partial charge in [0.25, 0.3) is 0 Å². The molecule has 14 heavy (non-hydrogen) atoms. The maximum atomic E-state index is 5.75. The molecule has 0 aliphatic heterocycles. The van der Waals surface area contributed by atoms with Crippen molar-refractivity contribution in [2.45, 2.75) is 13.5 Å². The molecule has 2 aromatic rings. The van der Waals surface area contributed by atoms with Crippen LogP contribution in [0.25, 0.3) is 11.0 Å². The largest absolute Gasteiger partial charge is 0.383 e. The molecule has 0 aliphatic rings. The van der Waals surface area contributed by atoms with Gasteiger partial charge in [-0.25, -0.2) is 9.97 Å². The van der Waals surface area contributed by atoms with Crippen LogP contribution in [0.4, 0.5) is 5.82 Å². The van der Waals surface area contributed by atoms with Gasteiger partial charge in [-0.2, -0.15) is 0 Å². The smallest absolute Gasteiger partial charge is 0.146 e. The number of aryl methyl sites for hydroxylation is 1. The van der Waals surface area contributed by atoms with Gasteiger partial charge in [-0.1, -0.05) is 5.92 Å². The third-order valence-electron chi connectivity index (χ3n) is 2.02. The van der Waals surface area contributed by atoms with Gasteiger partial charge in [-0.15, -0.1) is 6.42 Å². The third kappa shape index (κ3) is 1.19. The van der Waals surface area contributed by atoms with E-state index in [1.165, 1.54) is 0 Å². The molecule has 0 unspecified atom stereocenters. The Morgan fingerprint density at radius 3 is 3.07 bits per heavy atom. The minimum atomic E-state index is 0.499. The van der Waals surface area contributed by atoms with E-state index in [2.05, 4.69) is 15.9 Å². The average Bonchev–Trinajstić information content (AvgIpc) is 2.49. The lowest BCUT2D eigenvalue weighted by Crippen LogP contribution is -2.00. The van der Waals surface area contributed by atoms with E-state index in [1.54, 1.807) is 0 Å². The zero-order valence-electron chi connectivity index (χ0n) is 7.86. The topological polar surface area (TPSA) is 56.7 Å². The Bertz CT molecular complexity index is 519. The fourth-order valence-electron chi connectivity index (χ4n) is 1.43. The molecule has 0 spiro atoms. The van der Waals surface area contributed by atoms with Gasteiger partial charge in [0.2, 0.25) is 0 Å². The summed E-state index contributed by atoms with van der Waals surface area (Å²) in [7, 11) is 0. The van der Waals surface area contributed by atoms with Gasteiger partial charge in [0, 0.05) is 6.20 Å². The number of terminal acetylenes is 1. The van der Waals surface area contributed by atoms with Crippen LogP contribution in [0.1, 0.15) is 5.82 Å². The number of nitrogens with two attached hydrogens (primary N) is 1. The molecule has 0 radical (unpaired) electrons. The second-order valence-corrected chi connectivity index (χ2v) is 3.04. The monoisotopic (exact) mass is 186 g/mol. The molecule has 0 atom stereocenters. The molecule has 2 N–H and O–H groups in total. The van der Waals surface area contributed by atoms with E-state index in [1.807, 2.05) is 23.8 Å². The van der Waals surface area contributed by atoms with Crippen molar-refractivity contribution in [3.8, 4) is 12.3 Å². The van der Waals surface area contributed by atoms with Crippen LogP contribution in [0.15, 0.2) is 12.3 Å². The highest BCUT2D eigenvalue weighted by Gasteiger charge is 2.06. The summed E-state index contributed by atoms with van der Waals surface area (Å²) in [5.74, 6) is 3.73. The van der Waals surface area contributed by atoms with Crippen molar-refractivity contribution < 1.29 is 0 Å². The van der Waals surface area contributed by atoms with Crippen molar-refractivity contribution in [1.82, 2.24) is 14.5 Å². The lowest BCUT2D eigenvalue weighted by Gasteiger charge is -2.01. The first-order valence-corrected chi connectivity index (χ1v) is 4.25. The number of nitrogens with zero attached hydrogens (tertiary/aromatic N) is 3. The van der Waals surface area contributed by atoms with Crippen molar-refractivity contribution in [2.24, 2.45) is 0 Å². The molecule has 0 bridgehead atoms. The Labute approximate surface area is 81.8 Å². The Morgan fingerprint density at radius 2 is 2.36 bits per heavy atom. The molecule has 0 fully saturated rings. The van der Waals surface area contributed by atoms with Gasteiger partial charge >= 0.3 is 0 Å². The number of hydrogen-bond donors (Lipinski definition) is 1. The molecule has 4 nitrogen and oxygen atoms in total. The summed E-state index contributed by atoms with van der Waals surface area (Å²) >= 11 is 0. The van der Waals surface area contributed by atoms with Crippen LogP contribution in [-0.4, -0.2) is 14.5 Å². The molecule has 0 saturated heterocycles. The van der Waals surface area contributed by atoms with Crippen LogP contribution in [0.5, 0.6) is 0 Å². The van der Waals surface area contributed by atoms with E-state index in [0.29, 0.717) is 18.2 Å². The number of anilines is 1. The van der Waals surface area contributed by atoms with Crippen molar-refractivity contribution >= 4 is 16.9 Å². The maximum Gasteiger partial charge on any atom is 0.146 e. The van der Waals surface area contributed by atoms with Crippen molar-refractivity contribution in [3.05, 3.63) is 18.1 Å². The van der Waals surface area contributed by atoms with Crippen LogP contribution in [0.3, 0.4) is 0 Å². The summed E-state index contributed by atoms with van der Waals surface area (Å²) in [4.78, 5) is 8.37. The van der Waals surface area contributed by atoms with Crippen molar-refractivity contribution in [1.29, 1.82) is 0 Å². The molecular weight excluding hydrogens is 176 g/mol. The molecule has 4 heteroatoms. The zero-order valence-corrected chi connectivity index (χ0v) is 7.86. The molecule has 2 rings (SSSR count). The van der Waals surface area contributed by atoms with Gasteiger partial charge in [0.1, 0.15) is 17.3 Å². The number of aromatic nitrogens is 3. The minimum Gasteiger partial charge on any atom is -0.383 e. The van der Waals surface area contributed by atoms with E-state index >= 15 is 0 Å². The highest BCUT2D eigenvalue weighted by molar-refractivity contribution is 5.86. The number of fused-ring (bicyclic) bond motifs is 1. The quantitative estimate of drug-likeness (QED) is 0.675. The summed E-state index contributed by atoms with van der Waals surface area (Å²) in [6, 6.07) is 1.88. The van der Waals surface area contributed by atoms with Crippen LogP contribution in [-0.2, 0) is 6.54 Å². The third-order valence-corrected chi connectivity index (χ3v) is 2.02. The fraction of sp³-hybridized carbons (Fsp3) is 0.200. The summed E-state index contributed by atoms with van der Waals surface area (Å²) in [6.45, 7) is 2.31. The van der Waals surface area contributed by atoms with Crippen LogP contribution in [0, 0.1) is 19.3 Å². The van der Waals surface area contributed by atoms with Crippen molar-refractivity contribution in [3.63, 3.8) is 0 Å². The molecule has 0 saturated carbocycles. The van der Waals surface area contributed by atoms with E-state index in [4.69, 9.17) is 12.2 Å². The van der Waals surface area contributed by atoms with Crippen LogP contribution < -0.4 is 5.73 Å². The van der Waals surface area contributed by atoms with Gasteiger partial charge in [0.15, 0.2) is 0 Å². The normalized spacial score (nSPS) is 10.3. The van der Waals surface area contributed by atoms with Gasteiger partial charge in [-0.05, 0) is 13.0 Å². The lowest BCUT2D eigenvalue weighted by molar-refractivity contribution is 0.864. The van der Waals surface area contributed by atoms with Crippen LogP contribution in [0.2, 0.25) is 0 Å². The molecular formula is C10H10N4. The standard InChI is InChI=1S/C10H10N4/c1-3-5-14-6-4-8-9(11)12-7(2)13-10(8)14/h1,4,6H,5H2,2H3,(H2,11,12,13). The molecule has 2 aromatic heterocycles. The SMILES string of the molecule is C#CCn1ccc2c(N)nc(C)nc21. The Kier molecular flexibility index (Phi) is 1.86. The van der Waals surface area contributed by atoms with Crippen molar-refractivity contribution in [2.75, 3.05) is 5.73 Å². The summed E-state index contributed by atoms with van der Waals surface area (Å²) in [5, 5.41) is 0.853. The Balaban J connectivity index is 2.73. The molecule has 2 heterocycles. The fourth-order valence-corrected chi connectivity index (χ4v) is 1.43. The summed E-state index contributed by atoms with van der Waals surface area (Å²) in [6.07, 6.45) is 7.11. The number of nitrogen functional groups attached to an aromatic ring is 1. The average molecular weight is 186 g/mol. The zero-order chi connectivity index (χ0) is 10.1. The highest BCUT2D eigenvalue weighted by Crippen LogP contribution is 2.18. The van der Waals surface area contributed by atoms with E-state index in [9.17, 15) is 0 Å². The first-order valence-electron chi connectivity index (χ1n) is 4.25. The Hall–Kier alpha value is -2.02.